The van der Waals surface area contributed by atoms with Crippen molar-refractivity contribution in [3.8, 4) is 0 Å². The van der Waals surface area contributed by atoms with E-state index in [9.17, 15) is 0 Å². The molecule has 0 aromatic carbocycles. The van der Waals surface area contributed by atoms with Crippen LogP contribution in [0.3, 0.4) is 0 Å². The molecule has 0 bridgehead atoms. The minimum absolute atomic E-state index is 0.964. The molecule has 13 heavy (non-hydrogen) atoms. The molecule has 0 saturated carbocycles. The minimum Gasteiger partial charge on any atom is -0.343 e. The van der Waals surface area contributed by atoms with Gasteiger partial charge in [0.2, 0.25) is 0 Å². The lowest BCUT2D eigenvalue weighted by Crippen LogP contribution is -2.07. The van der Waals surface area contributed by atoms with Crippen LogP contribution in [0.5, 0.6) is 0 Å². The Bertz CT molecular complexity index is 302. The van der Waals surface area contributed by atoms with Crippen molar-refractivity contribution in [1.82, 2.24) is 9.88 Å². The van der Waals surface area contributed by atoms with Gasteiger partial charge in [0.15, 0.2) is 0 Å². The highest BCUT2D eigenvalue weighted by atomic mass is 32.2. The predicted octanol–water partition coefficient (Wildman–Crippen LogP) is 2.08. The van der Waals surface area contributed by atoms with Crippen LogP contribution < -0.4 is 5.32 Å². The first kappa shape index (κ1) is 10.7. The summed E-state index contributed by atoms with van der Waals surface area (Å²) >= 11 is 1.82. The normalized spacial score (nSPS) is 10.8. The molecule has 2 nitrogen and oxygen atoms in total. The van der Waals surface area contributed by atoms with Gasteiger partial charge < -0.3 is 9.88 Å². The first-order chi connectivity index (χ1) is 6.13. The van der Waals surface area contributed by atoms with Crippen molar-refractivity contribution < 1.29 is 0 Å². The summed E-state index contributed by atoms with van der Waals surface area (Å²) in [6.45, 7) is 5.34. The van der Waals surface area contributed by atoms with Crippen LogP contribution in [0, 0.1) is 13.8 Å². The summed E-state index contributed by atoms with van der Waals surface area (Å²) in [6.07, 6.45) is 2.13. The Morgan fingerprint density at radius 3 is 2.38 bits per heavy atom. The topological polar surface area (TPSA) is 17.0 Å². The smallest absolute Gasteiger partial charge is 0.0777 e. The molecule has 3 heteroatoms. The van der Waals surface area contributed by atoms with E-state index in [1.807, 2.05) is 18.8 Å². The van der Waals surface area contributed by atoms with Gasteiger partial charge in [-0.25, -0.2) is 0 Å². The van der Waals surface area contributed by atoms with Gasteiger partial charge in [0, 0.05) is 19.3 Å². The van der Waals surface area contributed by atoms with E-state index in [1.165, 1.54) is 21.8 Å². The molecular formula is C10H18N2S. The van der Waals surface area contributed by atoms with Crippen LogP contribution in [0.1, 0.15) is 16.8 Å². The highest BCUT2D eigenvalue weighted by Gasteiger charge is 2.12. The molecular weight excluding hydrogens is 180 g/mol. The number of aromatic nitrogens is 1. The summed E-state index contributed by atoms with van der Waals surface area (Å²) in [5.74, 6) is 0. The third kappa shape index (κ3) is 1.76. The van der Waals surface area contributed by atoms with Crippen LogP contribution in [0.4, 0.5) is 0 Å². The second-order valence-corrected chi connectivity index (χ2v) is 4.08. The van der Waals surface area contributed by atoms with E-state index in [0.717, 1.165) is 6.54 Å². The third-order valence-corrected chi connectivity index (χ3v) is 3.53. The number of hydrogen-bond donors (Lipinski definition) is 1. The summed E-state index contributed by atoms with van der Waals surface area (Å²) in [5.41, 5.74) is 4.23. The molecule has 1 N–H and O–H groups in total. The van der Waals surface area contributed by atoms with Gasteiger partial charge in [-0.1, -0.05) is 0 Å². The van der Waals surface area contributed by atoms with Crippen molar-refractivity contribution >= 4 is 11.8 Å². The van der Waals surface area contributed by atoms with E-state index >= 15 is 0 Å². The van der Waals surface area contributed by atoms with Crippen molar-refractivity contribution in [2.24, 2.45) is 7.05 Å². The molecule has 0 amide bonds. The molecule has 0 fully saturated rings. The average molecular weight is 198 g/mol. The van der Waals surface area contributed by atoms with E-state index < -0.39 is 0 Å². The van der Waals surface area contributed by atoms with Crippen LogP contribution in [0.25, 0.3) is 0 Å². The van der Waals surface area contributed by atoms with Crippen molar-refractivity contribution in [2.75, 3.05) is 13.3 Å². The molecule has 0 unspecified atom stereocenters. The summed E-state index contributed by atoms with van der Waals surface area (Å²) in [4.78, 5) is 0. The molecule has 0 saturated heterocycles. The minimum atomic E-state index is 0.964. The van der Waals surface area contributed by atoms with E-state index in [1.54, 1.807) is 0 Å². The molecule has 0 spiro atoms. The van der Waals surface area contributed by atoms with Gasteiger partial charge in [0.1, 0.15) is 0 Å². The molecule has 0 aliphatic carbocycles. The summed E-state index contributed by atoms with van der Waals surface area (Å²) in [7, 11) is 4.12. The van der Waals surface area contributed by atoms with Crippen molar-refractivity contribution in [3.63, 3.8) is 0 Å². The molecule has 0 aliphatic rings. The molecule has 1 heterocycles. The van der Waals surface area contributed by atoms with Crippen LogP contribution in [-0.4, -0.2) is 17.9 Å². The van der Waals surface area contributed by atoms with E-state index in [-0.39, 0.29) is 0 Å². The molecule has 0 atom stereocenters. The highest BCUT2D eigenvalue weighted by Crippen LogP contribution is 2.27. The van der Waals surface area contributed by atoms with Gasteiger partial charge in [-0.3, -0.25) is 0 Å². The van der Waals surface area contributed by atoms with Crippen molar-refractivity contribution in [1.29, 1.82) is 0 Å². The Morgan fingerprint density at radius 1 is 1.38 bits per heavy atom. The third-order valence-electron chi connectivity index (χ3n) is 2.56. The number of rotatable bonds is 3. The molecule has 0 radical (unpaired) electrons. The maximum Gasteiger partial charge on any atom is 0.0777 e. The molecule has 1 aromatic heterocycles. The Kier molecular flexibility index (Phi) is 3.45. The number of thioether (sulfide) groups is 1. The average Bonchev–Trinajstić information content (AvgIpc) is 2.31. The Balaban J connectivity index is 3.19. The molecule has 1 aromatic rings. The SMILES string of the molecule is CNCc1c(C)c(SC)n(C)c1C. The highest BCUT2D eigenvalue weighted by molar-refractivity contribution is 7.98. The maximum absolute atomic E-state index is 3.21. The maximum atomic E-state index is 3.21. The number of hydrogen-bond acceptors (Lipinski definition) is 2. The molecule has 1 rings (SSSR count). The Labute approximate surface area is 84.7 Å². The lowest BCUT2D eigenvalue weighted by atomic mass is 10.2. The Hall–Kier alpha value is -0.410. The Morgan fingerprint density at radius 2 is 2.00 bits per heavy atom. The van der Waals surface area contributed by atoms with Gasteiger partial charge >= 0.3 is 0 Å². The fraction of sp³-hybridized carbons (Fsp3) is 0.600. The zero-order valence-corrected chi connectivity index (χ0v) is 9.88. The van der Waals surface area contributed by atoms with Gasteiger partial charge in [-0.05, 0) is 38.3 Å². The van der Waals surface area contributed by atoms with E-state index in [2.05, 4.69) is 37.0 Å². The quantitative estimate of drug-likeness (QED) is 0.749. The van der Waals surface area contributed by atoms with Crippen LogP contribution in [0.15, 0.2) is 5.03 Å². The second-order valence-electron chi connectivity index (χ2n) is 3.29. The lowest BCUT2D eigenvalue weighted by Gasteiger charge is -2.01. The summed E-state index contributed by atoms with van der Waals surface area (Å²) in [6, 6.07) is 0. The predicted molar refractivity (Wildman–Crippen MR) is 59.4 cm³/mol. The van der Waals surface area contributed by atoms with Gasteiger partial charge in [-0.15, -0.1) is 11.8 Å². The van der Waals surface area contributed by atoms with Gasteiger partial charge in [0.05, 0.1) is 5.03 Å². The van der Waals surface area contributed by atoms with Crippen LogP contribution in [0.2, 0.25) is 0 Å². The summed E-state index contributed by atoms with van der Waals surface area (Å²) < 4.78 is 2.27. The zero-order valence-electron chi connectivity index (χ0n) is 9.06. The van der Waals surface area contributed by atoms with Crippen LogP contribution in [-0.2, 0) is 13.6 Å². The number of nitrogens with one attached hydrogen (secondary N) is 1. The van der Waals surface area contributed by atoms with Crippen molar-refractivity contribution in [3.05, 3.63) is 16.8 Å². The van der Waals surface area contributed by atoms with E-state index in [4.69, 9.17) is 0 Å². The second kappa shape index (κ2) is 4.20. The molecule has 0 aliphatic heterocycles. The first-order valence-electron chi connectivity index (χ1n) is 4.46. The first-order valence-corrected chi connectivity index (χ1v) is 5.69. The summed E-state index contributed by atoms with van der Waals surface area (Å²) in [5, 5.41) is 4.59. The fourth-order valence-electron chi connectivity index (χ4n) is 1.73. The van der Waals surface area contributed by atoms with E-state index in [0.29, 0.717) is 0 Å². The van der Waals surface area contributed by atoms with Gasteiger partial charge in [0.25, 0.3) is 0 Å². The monoisotopic (exact) mass is 198 g/mol. The lowest BCUT2D eigenvalue weighted by molar-refractivity contribution is 0.772. The van der Waals surface area contributed by atoms with Gasteiger partial charge in [-0.2, -0.15) is 0 Å². The standard InChI is InChI=1S/C10H18N2S/c1-7-9(6-11-3)8(2)12(4)10(7)13-5/h11H,6H2,1-5H3. The molecule has 74 valence electrons. The number of nitrogens with zero attached hydrogens (tertiary/aromatic N) is 1. The largest absolute Gasteiger partial charge is 0.343 e. The zero-order chi connectivity index (χ0) is 10.0. The fourth-order valence-corrected chi connectivity index (χ4v) is 2.57. The van der Waals surface area contributed by atoms with Crippen molar-refractivity contribution in [2.45, 2.75) is 25.4 Å². The van der Waals surface area contributed by atoms with Crippen LogP contribution >= 0.6 is 11.8 Å².